The molecular weight excluding hydrogens is 228 g/mol. The monoisotopic (exact) mass is 250 g/mol. The topological polar surface area (TPSA) is 56.5 Å². The maximum absolute atomic E-state index is 5.60. The van der Waals surface area contributed by atoms with Gasteiger partial charge in [-0.2, -0.15) is 0 Å². The standard InChI is InChI=1S/C14H22N2O2/c1-4-5-6-7-12(16-15)11-8-9-13(17-2)14(10-11)18-3/h4,8-10,12,16H,1,5-7,15H2,2-3H3. The highest BCUT2D eigenvalue weighted by Crippen LogP contribution is 2.31. The Labute approximate surface area is 109 Å². The minimum atomic E-state index is 0.116. The van der Waals surface area contributed by atoms with Crippen LogP contribution < -0.4 is 20.7 Å². The van der Waals surface area contributed by atoms with Gasteiger partial charge in [-0.05, 0) is 37.0 Å². The van der Waals surface area contributed by atoms with Crippen LogP contribution >= 0.6 is 0 Å². The van der Waals surface area contributed by atoms with Crippen molar-refractivity contribution in [2.45, 2.75) is 25.3 Å². The molecule has 0 saturated carbocycles. The smallest absolute Gasteiger partial charge is 0.161 e. The van der Waals surface area contributed by atoms with E-state index < -0.39 is 0 Å². The van der Waals surface area contributed by atoms with Crippen molar-refractivity contribution in [3.05, 3.63) is 36.4 Å². The average Bonchev–Trinajstić information content (AvgIpc) is 2.43. The van der Waals surface area contributed by atoms with Crippen LogP contribution in [-0.4, -0.2) is 14.2 Å². The first-order valence-corrected chi connectivity index (χ1v) is 6.05. The van der Waals surface area contributed by atoms with Crippen molar-refractivity contribution < 1.29 is 9.47 Å². The zero-order chi connectivity index (χ0) is 13.4. The summed E-state index contributed by atoms with van der Waals surface area (Å²) >= 11 is 0. The molecule has 1 aromatic carbocycles. The highest BCUT2D eigenvalue weighted by molar-refractivity contribution is 5.43. The molecule has 0 amide bonds. The van der Waals surface area contributed by atoms with Gasteiger partial charge in [0.05, 0.1) is 14.2 Å². The molecule has 0 aliphatic carbocycles. The fourth-order valence-electron chi connectivity index (χ4n) is 1.88. The molecule has 0 aliphatic heterocycles. The van der Waals surface area contributed by atoms with Crippen molar-refractivity contribution in [3.63, 3.8) is 0 Å². The second-order valence-electron chi connectivity index (χ2n) is 4.05. The zero-order valence-corrected chi connectivity index (χ0v) is 11.1. The van der Waals surface area contributed by atoms with E-state index in [0.717, 1.165) is 36.3 Å². The maximum Gasteiger partial charge on any atom is 0.161 e. The molecule has 100 valence electrons. The van der Waals surface area contributed by atoms with E-state index in [-0.39, 0.29) is 6.04 Å². The summed E-state index contributed by atoms with van der Waals surface area (Å²) in [6.07, 6.45) is 4.92. The first-order valence-electron chi connectivity index (χ1n) is 6.05. The third kappa shape index (κ3) is 3.75. The van der Waals surface area contributed by atoms with Gasteiger partial charge in [-0.25, -0.2) is 0 Å². The molecule has 0 bridgehead atoms. The lowest BCUT2D eigenvalue weighted by Crippen LogP contribution is -2.28. The van der Waals surface area contributed by atoms with Gasteiger partial charge in [-0.1, -0.05) is 12.1 Å². The number of nitrogens with one attached hydrogen (secondary N) is 1. The molecule has 18 heavy (non-hydrogen) atoms. The van der Waals surface area contributed by atoms with Crippen LogP contribution in [-0.2, 0) is 0 Å². The normalized spacial score (nSPS) is 11.9. The summed E-state index contributed by atoms with van der Waals surface area (Å²) in [7, 11) is 3.25. The molecule has 4 heteroatoms. The zero-order valence-electron chi connectivity index (χ0n) is 11.1. The number of hydrogen-bond acceptors (Lipinski definition) is 4. The summed E-state index contributed by atoms with van der Waals surface area (Å²) in [6.45, 7) is 3.72. The van der Waals surface area contributed by atoms with Crippen LogP contribution in [0.1, 0.15) is 30.9 Å². The maximum atomic E-state index is 5.60. The van der Waals surface area contributed by atoms with Crippen LogP contribution in [0.4, 0.5) is 0 Å². The van der Waals surface area contributed by atoms with E-state index >= 15 is 0 Å². The minimum Gasteiger partial charge on any atom is -0.493 e. The largest absolute Gasteiger partial charge is 0.493 e. The summed E-state index contributed by atoms with van der Waals surface area (Å²) in [6, 6.07) is 5.97. The lowest BCUT2D eigenvalue weighted by atomic mass is 10.0. The van der Waals surface area contributed by atoms with Crippen LogP contribution in [0.2, 0.25) is 0 Å². The number of hydrogen-bond donors (Lipinski definition) is 2. The van der Waals surface area contributed by atoms with E-state index in [1.165, 1.54) is 0 Å². The van der Waals surface area contributed by atoms with Crippen LogP contribution in [0.15, 0.2) is 30.9 Å². The average molecular weight is 250 g/mol. The fourth-order valence-corrected chi connectivity index (χ4v) is 1.88. The van der Waals surface area contributed by atoms with Gasteiger partial charge >= 0.3 is 0 Å². The summed E-state index contributed by atoms with van der Waals surface area (Å²) in [5.74, 6) is 7.05. The predicted octanol–water partition coefficient (Wildman–Crippen LogP) is 2.56. The van der Waals surface area contributed by atoms with Gasteiger partial charge in [0.1, 0.15) is 0 Å². The molecule has 4 nitrogen and oxygen atoms in total. The SMILES string of the molecule is C=CCCCC(NN)c1ccc(OC)c(OC)c1. The van der Waals surface area contributed by atoms with Crippen molar-refractivity contribution >= 4 is 0 Å². The Kier molecular flexibility index (Phi) is 6.25. The van der Waals surface area contributed by atoms with Gasteiger partial charge in [-0.3, -0.25) is 11.3 Å². The molecule has 3 N–H and O–H groups in total. The number of hydrazine groups is 1. The Morgan fingerprint density at radius 2 is 2.06 bits per heavy atom. The molecule has 0 aromatic heterocycles. The summed E-state index contributed by atoms with van der Waals surface area (Å²) in [4.78, 5) is 0. The summed E-state index contributed by atoms with van der Waals surface area (Å²) in [5, 5.41) is 0. The number of methoxy groups -OCH3 is 2. The Hall–Kier alpha value is -1.52. The molecule has 1 rings (SSSR count). The van der Waals surface area contributed by atoms with Gasteiger partial charge in [0.2, 0.25) is 0 Å². The van der Waals surface area contributed by atoms with E-state index in [9.17, 15) is 0 Å². The van der Waals surface area contributed by atoms with Crippen molar-refractivity contribution in [1.82, 2.24) is 5.43 Å². The van der Waals surface area contributed by atoms with Crippen molar-refractivity contribution in [1.29, 1.82) is 0 Å². The third-order valence-electron chi connectivity index (χ3n) is 2.91. The number of allylic oxidation sites excluding steroid dienone is 1. The molecule has 0 heterocycles. The van der Waals surface area contributed by atoms with Gasteiger partial charge in [-0.15, -0.1) is 6.58 Å². The number of rotatable bonds is 8. The number of unbranched alkanes of at least 4 members (excludes halogenated alkanes) is 1. The lowest BCUT2D eigenvalue weighted by Gasteiger charge is -2.17. The Bertz CT molecular complexity index is 380. The molecule has 1 unspecified atom stereocenters. The number of benzene rings is 1. The molecule has 0 fully saturated rings. The lowest BCUT2D eigenvalue weighted by molar-refractivity contribution is 0.353. The van der Waals surface area contributed by atoms with Crippen LogP contribution in [0, 0.1) is 0 Å². The molecule has 0 spiro atoms. The first-order chi connectivity index (χ1) is 8.76. The number of nitrogens with two attached hydrogens (primary N) is 1. The van der Waals surface area contributed by atoms with Crippen molar-refractivity contribution in [3.8, 4) is 11.5 Å². The Morgan fingerprint density at radius 1 is 1.33 bits per heavy atom. The second kappa shape index (κ2) is 7.74. The Morgan fingerprint density at radius 3 is 2.61 bits per heavy atom. The summed E-state index contributed by atoms with van der Waals surface area (Å²) in [5.41, 5.74) is 3.93. The predicted molar refractivity (Wildman–Crippen MR) is 73.7 cm³/mol. The highest BCUT2D eigenvalue weighted by Gasteiger charge is 2.12. The van der Waals surface area contributed by atoms with Gasteiger partial charge in [0.25, 0.3) is 0 Å². The van der Waals surface area contributed by atoms with E-state index in [1.807, 2.05) is 24.3 Å². The van der Waals surface area contributed by atoms with E-state index in [2.05, 4.69) is 12.0 Å². The summed E-state index contributed by atoms with van der Waals surface area (Å²) < 4.78 is 10.5. The molecule has 1 atom stereocenters. The van der Waals surface area contributed by atoms with Crippen molar-refractivity contribution in [2.75, 3.05) is 14.2 Å². The quantitative estimate of drug-likeness (QED) is 0.322. The van der Waals surface area contributed by atoms with E-state index in [0.29, 0.717) is 0 Å². The Balaban J connectivity index is 2.82. The molecule has 1 aromatic rings. The third-order valence-corrected chi connectivity index (χ3v) is 2.91. The second-order valence-corrected chi connectivity index (χ2v) is 4.05. The first kappa shape index (κ1) is 14.5. The van der Waals surface area contributed by atoms with Crippen molar-refractivity contribution in [2.24, 2.45) is 5.84 Å². The van der Waals surface area contributed by atoms with Crippen LogP contribution in [0.5, 0.6) is 11.5 Å². The molecular formula is C14H22N2O2. The van der Waals surface area contributed by atoms with E-state index in [1.54, 1.807) is 14.2 Å². The number of ether oxygens (including phenoxy) is 2. The van der Waals surface area contributed by atoms with Gasteiger partial charge in [0, 0.05) is 6.04 Å². The molecule has 0 aliphatic rings. The molecule has 0 saturated heterocycles. The molecule has 0 radical (unpaired) electrons. The van der Waals surface area contributed by atoms with Gasteiger partial charge < -0.3 is 9.47 Å². The van der Waals surface area contributed by atoms with E-state index in [4.69, 9.17) is 15.3 Å². The highest BCUT2D eigenvalue weighted by atomic mass is 16.5. The van der Waals surface area contributed by atoms with Crippen LogP contribution in [0.25, 0.3) is 0 Å². The fraction of sp³-hybridized carbons (Fsp3) is 0.429. The van der Waals surface area contributed by atoms with Gasteiger partial charge in [0.15, 0.2) is 11.5 Å². The van der Waals surface area contributed by atoms with Crippen LogP contribution in [0.3, 0.4) is 0 Å². The minimum absolute atomic E-state index is 0.116.